The van der Waals surface area contributed by atoms with Crippen molar-refractivity contribution in [3.8, 4) is 0 Å². The van der Waals surface area contributed by atoms with Crippen molar-refractivity contribution in [3.05, 3.63) is 78.1 Å². The lowest BCUT2D eigenvalue weighted by molar-refractivity contribution is -0.114. The zero-order chi connectivity index (χ0) is 20.1. The number of likely N-dealkylation sites (tertiary alicyclic amines) is 1. The number of hydrogen-bond acceptors (Lipinski definition) is 4. The molecule has 0 radical (unpaired) electrons. The van der Waals surface area contributed by atoms with Crippen LogP contribution in [0.25, 0.3) is 0 Å². The Balaban J connectivity index is 1.32. The van der Waals surface area contributed by atoms with Gasteiger partial charge in [-0.15, -0.1) is 0 Å². The molecule has 0 atom stereocenters. The third-order valence-corrected chi connectivity index (χ3v) is 5.44. The largest absolute Gasteiger partial charge is 0.329 e. The normalized spacial score (nSPS) is 15.3. The highest BCUT2D eigenvalue weighted by atomic mass is 16.1. The summed E-state index contributed by atoms with van der Waals surface area (Å²) in [5.74, 6) is 1.63. The number of imidazole rings is 1. The van der Waals surface area contributed by atoms with Crippen molar-refractivity contribution in [2.24, 2.45) is 0 Å². The Morgan fingerprint density at radius 3 is 2.52 bits per heavy atom. The van der Waals surface area contributed by atoms with Gasteiger partial charge in [0.1, 0.15) is 5.82 Å². The molecule has 3 heterocycles. The van der Waals surface area contributed by atoms with Gasteiger partial charge >= 0.3 is 0 Å². The Labute approximate surface area is 171 Å². The Bertz CT molecular complexity index is 927. The minimum Gasteiger partial charge on any atom is -0.329 e. The van der Waals surface area contributed by atoms with Gasteiger partial charge in [-0.3, -0.25) is 14.7 Å². The smallest absolute Gasteiger partial charge is 0.221 e. The molecule has 6 heteroatoms. The average molecular weight is 390 g/mol. The fourth-order valence-corrected chi connectivity index (χ4v) is 3.98. The summed E-state index contributed by atoms with van der Waals surface area (Å²) in [7, 11) is 0. The van der Waals surface area contributed by atoms with Gasteiger partial charge in [0.25, 0.3) is 0 Å². The molecule has 6 nitrogen and oxygen atoms in total. The molecule has 1 N–H and O–H groups in total. The molecule has 0 aliphatic carbocycles. The molecule has 0 spiro atoms. The van der Waals surface area contributed by atoms with Crippen molar-refractivity contribution in [1.29, 1.82) is 0 Å². The molecule has 2 aromatic heterocycles. The van der Waals surface area contributed by atoms with Crippen LogP contribution in [0, 0.1) is 0 Å². The molecule has 29 heavy (non-hydrogen) atoms. The van der Waals surface area contributed by atoms with E-state index in [1.807, 2.05) is 36.7 Å². The van der Waals surface area contributed by atoms with Crippen LogP contribution in [0.1, 0.15) is 42.8 Å². The molecule has 1 aliphatic rings. The number of nitrogens with one attached hydrogen (secondary N) is 1. The molecule has 1 aliphatic heterocycles. The minimum atomic E-state index is -0.0405. The van der Waals surface area contributed by atoms with Crippen molar-refractivity contribution in [1.82, 2.24) is 19.4 Å². The molecule has 1 amide bonds. The van der Waals surface area contributed by atoms with E-state index in [-0.39, 0.29) is 5.91 Å². The lowest BCUT2D eigenvalue weighted by Crippen LogP contribution is -2.33. The fourth-order valence-electron chi connectivity index (χ4n) is 3.98. The molecule has 150 valence electrons. The van der Waals surface area contributed by atoms with Gasteiger partial charge in [0.15, 0.2) is 0 Å². The number of rotatable bonds is 6. The Kier molecular flexibility index (Phi) is 6.00. The van der Waals surface area contributed by atoms with Crippen molar-refractivity contribution < 1.29 is 4.79 Å². The molecular weight excluding hydrogens is 362 g/mol. The van der Waals surface area contributed by atoms with Crippen LogP contribution < -0.4 is 5.32 Å². The minimum absolute atomic E-state index is 0.0405. The van der Waals surface area contributed by atoms with Gasteiger partial charge in [0, 0.05) is 43.7 Å². The summed E-state index contributed by atoms with van der Waals surface area (Å²) in [6, 6.07) is 14.2. The number of benzene rings is 1. The Morgan fingerprint density at radius 1 is 1.03 bits per heavy atom. The van der Waals surface area contributed by atoms with Crippen LogP contribution >= 0.6 is 0 Å². The first-order chi connectivity index (χ1) is 14.2. The van der Waals surface area contributed by atoms with Crippen molar-refractivity contribution >= 4 is 11.6 Å². The molecule has 0 saturated carbocycles. The number of piperidine rings is 1. The van der Waals surface area contributed by atoms with Crippen LogP contribution in [-0.4, -0.2) is 38.4 Å². The van der Waals surface area contributed by atoms with Crippen molar-refractivity contribution in [2.75, 3.05) is 18.4 Å². The van der Waals surface area contributed by atoms with Gasteiger partial charge in [-0.2, -0.15) is 0 Å². The topological polar surface area (TPSA) is 63.1 Å². The van der Waals surface area contributed by atoms with Crippen LogP contribution in [0.5, 0.6) is 0 Å². The number of hydrogen-bond donors (Lipinski definition) is 1. The number of carbonyl (C=O) groups is 1. The summed E-state index contributed by atoms with van der Waals surface area (Å²) >= 11 is 0. The van der Waals surface area contributed by atoms with Crippen LogP contribution in [-0.2, 0) is 17.9 Å². The lowest BCUT2D eigenvalue weighted by Gasteiger charge is -2.32. The van der Waals surface area contributed by atoms with Gasteiger partial charge in [-0.1, -0.05) is 18.2 Å². The van der Waals surface area contributed by atoms with E-state index in [1.54, 1.807) is 0 Å². The summed E-state index contributed by atoms with van der Waals surface area (Å²) < 4.78 is 2.24. The second-order valence-corrected chi connectivity index (χ2v) is 7.66. The molecule has 4 rings (SSSR count). The first-order valence-electron chi connectivity index (χ1n) is 10.2. The van der Waals surface area contributed by atoms with Crippen molar-refractivity contribution in [3.63, 3.8) is 0 Å². The highest BCUT2D eigenvalue weighted by molar-refractivity contribution is 5.88. The predicted molar refractivity (Wildman–Crippen MR) is 114 cm³/mol. The quantitative estimate of drug-likeness (QED) is 0.699. The second-order valence-electron chi connectivity index (χ2n) is 7.66. The van der Waals surface area contributed by atoms with Crippen LogP contribution in [0.3, 0.4) is 0 Å². The van der Waals surface area contributed by atoms with Crippen molar-refractivity contribution in [2.45, 2.75) is 38.8 Å². The van der Waals surface area contributed by atoms with Crippen LogP contribution in [0.2, 0.25) is 0 Å². The van der Waals surface area contributed by atoms with Crippen LogP contribution in [0.4, 0.5) is 5.69 Å². The van der Waals surface area contributed by atoms with E-state index in [0.29, 0.717) is 5.92 Å². The number of aromatic nitrogens is 3. The van der Waals surface area contributed by atoms with E-state index in [9.17, 15) is 4.79 Å². The Hall–Kier alpha value is -2.99. The van der Waals surface area contributed by atoms with E-state index in [4.69, 9.17) is 0 Å². The summed E-state index contributed by atoms with van der Waals surface area (Å²) in [5.41, 5.74) is 3.18. The maximum absolute atomic E-state index is 11.1. The number of anilines is 1. The summed E-state index contributed by atoms with van der Waals surface area (Å²) in [6.45, 7) is 5.37. The highest BCUT2D eigenvalue weighted by Gasteiger charge is 2.24. The molecule has 3 aromatic rings. The maximum atomic E-state index is 11.1. The number of amides is 1. The summed E-state index contributed by atoms with van der Waals surface area (Å²) in [6.07, 6.45) is 8.04. The third-order valence-electron chi connectivity index (χ3n) is 5.44. The van der Waals surface area contributed by atoms with Gasteiger partial charge in [-0.25, -0.2) is 4.98 Å². The lowest BCUT2D eigenvalue weighted by atomic mass is 9.95. The number of pyridine rings is 1. The van der Waals surface area contributed by atoms with Crippen LogP contribution in [0.15, 0.2) is 61.1 Å². The number of nitrogens with zero attached hydrogens (tertiary/aromatic N) is 4. The molecule has 0 unspecified atom stereocenters. The fraction of sp³-hybridized carbons (Fsp3) is 0.348. The summed E-state index contributed by atoms with van der Waals surface area (Å²) in [4.78, 5) is 22.7. The SMILES string of the molecule is CC(=O)Nc1ccc(CN2CCC(c3nccn3Cc3ccccn3)CC2)cc1. The van der Waals surface area contributed by atoms with E-state index in [1.165, 1.54) is 18.3 Å². The maximum Gasteiger partial charge on any atom is 0.221 e. The molecule has 1 aromatic carbocycles. The molecule has 0 bridgehead atoms. The zero-order valence-electron chi connectivity index (χ0n) is 16.8. The van der Waals surface area contributed by atoms with Gasteiger partial charge < -0.3 is 9.88 Å². The zero-order valence-corrected chi connectivity index (χ0v) is 16.8. The van der Waals surface area contributed by atoms with Gasteiger partial charge in [0.2, 0.25) is 5.91 Å². The first-order valence-corrected chi connectivity index (χ1v) is 10.2. The molecule has 1 fully saturated rings. The molecular formula is C23H27N5O. The number of carbonyl (C=O) groups excluding carboxylic acids is 1. The monoisotopic (exact) mass is 389 g/mol. The average Bonchev–Trinajstić information content (AvgIpc) is 3.18. The van der Waals surface area contributed by atoms with E-state index < -0.39 is 0 Å². The van der Waals surface area contributed by atoms with E-state index >= 15 is 0 Å². The second kappa shape index (κ2) is 9.01. The predicted octanol–water partition coefficient (Wildman–Crippen LogP) is 3.66. The standard InChI is InChI=1S/C23H27N5O/c1-18(29)26-21-7-5-19(6-8-21)16-27-13-9-20(10-14-27)23-25-12-15-28(23)17-22-4-2-3-11-24-22/h2-8,11-12,15,20H,9-10,13-14,16-17H2,1H3,(H,26,29). The highest BCUT2D eigenvalue weighted by Crippen LogP contribution is 2.28. The van der Waals surface area contributed by atoms with Gasteiger partial charge in [0.05, 0.1) is 12.2 Å². The summed E-state index contributed by atoms with van der Waals surface area (Å²) in [5, 5.41) is 2.81. The first kappa shape index (κ1) is 19.3. The van der Waals surface area contributed by atoms with E-state index in [0.717, 1.165) is 50.4 Å². The van der Waals surface area contributed by atoms with E-state index in [2.05, 4.69) is 49.1 Å². The Morgan fingerprint density at radius 2 is 1.83 bits per heavy atom. The third kappa shape index (κ3) is 5.09. The molecule has 1 saturated heterocycles. The van der Waals surface area contributed by atoms with Gasteiger partial charge in [-0.05, 0) is 55.8 Å².